The molecule has 1 aromatic heterocycles. The molecule has 1 saturated heterocycles. The zero-order valence-corrected chi connectivity index (χ0v) is 9.55. The van der Waals surface area contributed by atoms with Crippen LogP contribution in [0.3, 0.4) is 0 Å². The van der Waals surface area contributed by atoms with Crippen LogP contribution in [-0.4, -0.2) is 26.8 Å². The monoisotopic (exact) mass is 262 g/mol. The quantitative estimate of drug-likeness (QED) is 0.764. The van der Waals surface area contributed by atoms with Crippen molar-refractivity contribution in [2.24, 2.45) is 5.92 Å². The van der Waals surface area contributed by atoms with Gasteiger partial charge in [-0.25, -0.2) is 0 Å². The van der Waals surface area contributed by atoms with E-state index in [2.05, 4.69) is 24.7 Å². The molecule has 2 heterocycles. The summed E-state index contributed by atoms with van der Waals surface area (Å²) in [5, 5.41) is 0. The van der Waals surface area contributed by atoms with Gasteiger partial charge in [0.15, 0.2) is 0 Å². The van der Waals surface area contributed by atoms with Crippen molar-refractivity contribution in [1.82, 2.24) is 8.75 Å². The molecule has 2 rings (SSSR count). The SMILES string of the molecule is BrC1CCOCC1Cc1cnsn1. The van der Waals surface area contributed by atoms with Gasteiger partial charge in [0, 0.05) is 17.4 Å². The Kier molecular flexibility index (Phi) is 3.29. The third-order valence-corrected chi connectivity index (χ3v) is 3.98. The molecule has 0 bridgehead atoms. The minimum Gasteiger partial charge on any atom is -0.381 e. The first kappa shape index (κ1) is 9.55. The van der Waals surface area contributed by atoms with Crippen molar-refractivity contribution in [2.75, 3.05) is 13.2 Å². The highest BCUT2D eigenvalue weighted by Crippen LogP contribution is 2.24. The van der Waals surface area contributed by atoms with Crippen molar-refractivity contribution in [3.8, 4) is 0 Å². The molecule has 1 fully saturated rings. The maximum absolute atomic E-state index is 5.43. The van der Waals surface area contributed by atoms with Crippen molar-refractivity contribution >= 4 is 27.7 Å². The largest absolute Gasteiger partial charge is 0.381 e. The van der Waals surface area contributed by atoms with Crippen LogP contribution in [0.15, 0.2) is 6.20 Å². The Bertz CT molecular complexity index is 255. The lowest BCUT2D eigenvalue weighted by atomic mass is 9.97. The van der Waals surface area contributed by atoms with Gasteiger partial charge in [0.2, 0.25) is 0 Å². The van der Waals surface area contributed by atoms with Gasteiger partial charge in [0.1, 0.15) is 0 Å². The molecule has 0 radical (unpaired) electrons. The van der Waals surface area contributed by atoms with Crippen LogP contribution in [0.4, 0.5) is 0 Å². The van der Waals surface area contributed by atoms with Crippen molar-refractivity contribution in [1.29, 1.82) is 0 Å². The summed E-state index contributed by atoms with van der Waals surface area (Å²) in [4.78, 5) is 0.572. The Morgan fingerprint density at radius 2 is 2.62 bits per heavy atom. The highest BCUT2D eigenvalue weighted by molar-refractivity contribution is 9.09. The van der Waals surface area contributed by atoms with Crippen molar-refractivity contribution in [2.45, 2.75) is 17.7 Å². The van der Waals surface area contributed by atoms with Crippen molar-refractivity contribution in [3.63, 3.8) is 0 Å². The van der Waals surface area contributed by atoms with Gasteiger partial charge in [-0.2, -0.15) is 8.75 Å². The first-order chi connectivity index (χ1) is 6.36. The molecular weight excluding hydrogens is 252 g/mol. The van der Waals surface area contributed by atoms with Crippen LogP contribution < -0.4 is 0 Å². The van der Waals surface area contributed by atoms with Gasteiger partial charge in [-0.05, 0) is 12.8 Å². The van der Waals surface area contributed by atoms with Crippen LogP contribution in [0.1, 0.15) is 12.1 Å². The Hall–Kier alpha value is -0.0000000000000000278. The summed E-state index contributed by atoms with van der Waals surface area (Å²) in [5.74, 6) is 0.553. The third-order valence-electron chi connectivity index (χ3n) is 2.26. The van der Waals surface area contributed by atoms with E-state index in [1.807, 2.05) is 6.20 Å². The molecule has 0 aromatic carbocycles. The van der Waals surface area contributed by atoms with Gasteiger partial charge in [-0.15, -0.1) is 0 Å². The number of hydrogen-bond donors (Lipinski definition) is 0. The molecule has 5 heteroatoms. The fourth-order valence-electron chi connectivity index (χ4n) is 1.50. The van der Waals surface area contributed by atoms with Crippen molar-refractivity contribution in [3.05, 3.63) is 11.9 Å². The van der Waals surface area contributed by atoms with Gasteiger partial charge in [-0.3, -0.25) is 0 Å². The van der Waals surface area contributed by atoms with Gasteiger partial charge >= 0.3 is 0 Å². The standard InChI is InChI=1S/C8H11BrN2OS/c9-8-1-2-12-5-6(8)3-7-4-10-13-11-7/h4,6,8H,1-3,5H2. The van der Waals surface area contributed by atoms with E-state index in [9.17, 15) is 0 Å². The van der Waals surface area contributed by atoms with Gasteiger partial charge in [-0.1, -0.05) is 15.9 Å². The highest BCUT2D eigenvalue weighted by atomic mass is 79.9. The lowest BCUT2D eigenvalue weighted by molar-refractivity contribution is 0.0603. The minimum absolute atomic E-state index is 0.553. The highest BCUT2D eigenvalue weighted by Gasteiger charge is 2.24. The van der Waals surface area contributed by atoms with Crippen LogP contribution in [-0.2, 0) is 11.2 Å². The van der Waals surface area contributed by atoms with E-state index in [-0.39, 0.29) is 0 Å². The maximum atomic E-state index is 5.43. The molecule has 1 aliphatic rings. The third kappa shape index (κ3) is 2.48. The van der Waals surface area contributed by atoms with Crippen molar-refractivity contribution < 1.29 is 4.74 Å². The Morgan fingerprint density at radius 3 is 3.31 bits per heavy atom. The van der Waals surface area contributed by atoms with Gasteiger partial charge in [0.25, 0.3) is 0 Å². The Balaban J connectivity index is 1.93. The Morgan fingerprint density at radius 1 is 1.69 bits per heavy atom. The van der Waals surface area contributed by atoms with Crippen LogP contribution in [0.25, 0.3) is 0 Å². The number of alkyl halides is 1. The van der Waals surface area contributed by atoms with Gasteiger partial charge in [0.05, 0.1) is 30.2 Å². The van der Waals surface area contributed by atoms with Gasteiger partial charge < -0.3 is 4.74 Å². The summed E-state index contributed by atoms with van der Waals surface area (Å²) in [6.07, 6.45) is 3.92. The van der Waals surface area contributed by atoms with Crippen LogP contribution in [0.5, 0.6) is 0 Å². The van der Waals surface area contributed by atoms with E-state index in [4.69, 9.17) is 4.74 Å². The summed E-state index contributed by atoms with van der Waals surface area (Å²) >= 11 is 4.95. The molecule has 13 heavy (non-hydrogen) atoms. The normalized spacial score (nSPS) is 29.0. The molecule has 1 aliphatic heterocycles. The summed E-state index contributed by atoms with van der Waals surface area (Å²) in [7, 11) is 0. The molecule has 1 aromatic rings. The number of aromatic nitrogens is 2. The van der Waals surface area contributed by atoms with E-state index in [0.717, 1.165) is 31.7 Å². The average Bonchev–Trinajstić information content (AvgIpc) is 2.61. The zero-order valence-electron chi connectivity index (χ0n) is 7.15. The Labute approximate surface area is 90.0 Å². The first-order valence-electron chi connectivity index (χ1n) is 4.34. The topological polar surface area (TPSA) is 35.0 Å². The predicted molar refractivity (Wildman–Crippen MR) is 55.3 cm³/mol. The molecule has 0 saturated carbocycles. The molecule has 2 atom stereocenters. The smallest absolute Gasteiger partial charge is 0.0747 e. The molecule has 0 N–H and O–H groups in total. The second-order valence-electron chi connectivity index (χ2n) is 3.24. The average molecular weight is 263 g/mol. The fraction of sp³-hybridized carbons (Fsp3) is 0.750. The maximum Gasteiger partial charge on any atom is 0.0747 e. The molecule has 0 spiro atoms. The van der Waals surface area contributed by atoms with E-state index >= 15 is 0 Å². The fourth-order valence-corrected chi connectivity index (χ4v) is 2.47. The predicted octanol–water partition coefficient (Wildman–Crippen LogP) is 1.88. The van der Waals surface area contributed by atoms with E-state index < -0.39 is 0 Å². The molecular formula is C8H11BrN2OS. The molecule has 3 nitrogen and oxygen atoms in total. The summed E-state index contributed by atoms with van der Waals surface area (Å²) < 4.78 is 13.6. The first-order valence-corrected chi connectivity index (χ1v) is 5.99. The second kappa shape index (κ2) is 4.48. The molecule has 0 amide bonds. The molecule has 2 unspecified atom stereocenters. The van der Waals surface area contributed by atoms with E-state index in [1.165, 1.54) is 11.7 Å². The zero-order chi connectivity index (χ0) is 9.10. The number of halogens is 1. The van der Waals surface area contributed by atoms with Crippen LogP contribution in [0.2, 0.25) is 0 Å². The number of nitrogens with zero attached hydrogens (tertiary/aromatic N) is 2. The number of hydrogen-bond acceptors (Lipinski definition) is 4. The summed E-state index contributed by atoms with van der Waals surface area (Å²) in [6, 6.07) is 0. The molecule has 72 valence electrons. The summed E-state index contributed by atoms with van der Waals surface area (Å²) in [5.41, 5.74) is 1.09. The minimum atomic E-state index is 0.553. The summed E-state index contributed by atoms with van der Waals surface area (Å²) in [6.45, 7) is 1.72. The molecule has 0 aliphatic carbocycles. The number of ether oxygens (including phenoxy) is 1. The number of rotatable bonds is 2. The van der Waals surface area contributed by atoms with E-state index in [1.54, 1.807) is 0 Å². The lowest BCUT2D eigenvalue weighted by Crippen LogP contribution is -2.29. The van der Waals surface area contributed by atoms with E-state index in [0.29, 0.717) is 10.7 Å². The van der Waals surface area contributed by atoms with Crippen LogP contribution in [0, 0.1) is 5.92 Å². The second-order valence-corrected chi connectivity index (χ2v) is 4.98. The van der Waals surface area contributed by atoms with Crippen LogP contribution >= 0.6 is 27.7 Å². The lowest BCUT2D eigenvalue weighted by Gasteiger charge is -2.26.